The van der Waals surface area contributed by atoms with Crippen molar-refractivity contribution in [3.8, 4) is 0 Å². The van der Waals surface area contributed by atoms with Crippen LogP contribution in [-0.4, -0.2) is 68.5 Å². The molecule has 0 amide bonds. The lowest BCUT2D eigenvalue weighted by Gasteiger charge is -2.35. The van der Waals surface area contributed by atoms with Crippen molar-refractivity contribution >= 4 is 12.6 Å². The number of likely N-dealkylation sites (tertiary alicyclic amines) is 1. The molecule has 0 N–H and O–H groups in total. The second-order valence-corrected chi connectivity index (χ2v) is 4.82. The van der Waals surface area contributed by atoms with E-state index in [2.05, 4.69) is 36.5 Å². The Morgan fingerprint density at radius 2 is 2.27 bits per heavy atom. The number of hydrogen-bond donors (Lipinski definition) is 1. The van der Waals surface area contributed by atoms with E-state index >= 15 is 0 Å². The maximum Gasteiger partial charge on any atom is 0.0593 e. The minimum Gasteiger partial charge on any atom is -0.379 e. The summed E-state index contributed by atoms with van der Waals surface area (Å²) in [5, 5.41) is 0. The van der Waals surface area contributed by atoms with Crippen molar-refractivity contribution in [1.82, 2.24) is 9.80 Å². The Balaban J connectivity index is 2.12. The van der Waals surface area contributed by atoms with Gasteiger partial charge in [-0.25, -0.2) is 0 Å². The molecule has 1 heterocycles. The van der Waals surface area contributed by atoms with Gasteiger partial charge in [-0.3, -0.25) is 4.90 Å². The van der Waals surface area contributed by atoms with E-state index in [0.29, 0.717) is 6.04 Å². The third kappa shape index (κ3) is 5.20. The average Bonchev–Trinajstić information content (AvgIpc) is 2.24. The van der Waals surface area contributed by atoms with Crippen LogP contribution in [0.2, 0.25) is 0 Å². The average molecular weight is 232 g/mol. The van der Waals surface area contributed by atoms with Crippen LogP contribution in [0.3, 0.4) is 0 Å². The summed E-state index contributed by atoms with van der Waals surface area (Å²) in [6.07, 6.45) is 2.65. The van der Waals surface area contributed by atoms with E-state index in [1.807, 2.05) is 0 Å². The number of likely N-dealkylation sites (N-methyl/N-ethyl adjacent to an activating group) is 2. The summed E-state index contributed by atoms with van der Waals surface area (Å²) in [6.45, 7) is 5.08. The Labute approximate surface area is 99.2 Å². The number of hydrogen-bond acceptors (Lipinski definition) is 4. The molecule has 0 saturated carbocycles. The monoisotopic (exact) mass is 232 g/mol. The third-order valence-corrected chi connectivity index (χ3v) is 3.23. The first-order valence-electron chi connectivity index (χ1n) is 5.81. The Kier molecular flexibility index (Phi) is 6.64. The highest BCUT2D eigenvalue weighted by atomic mass is 32.1. The standard InChI is InChI=1S/C11H24N2OS/c1-12-5-3-4-11(10-12)13(2)6-7-14-8-9-15/h11,15H,3-10H2,1-2H3. The number of piperidine rings is 1. The number of ether oxygens (including phenoxy) is 1. The molecule has 90 valence electrons. The summed E-state index contributed by atoms with van der Waals surface area (Å²) < 4.78 is 5.44. The molecule has 1 saturated heterocycles. The van der Waals surface area contributed by atoms with E-state index in [1.165, 1.54) is 25.9 Å². The predicted octanol–water partition coefficient (Wildman–Crippen LogP) is 0.959. The molecule has 1 unspecified atom stereocenters. The van der Waals surface area contributed by atoms with Gasteiger partial charge in [0.2, 0.25) is 0 Å². The molecule has 0 bridgehead atoms. The van der Waals surface area contributed by atoms with E-state index in [4.69, 9.17) is 4.74 Å². The molecular weight excluding hydrogens is 208 g/mol. The molecule has 4 heteroatoms. The molecule has 0 radical (unpaired) electrons. The molecule has 1 aliphatic rings. The van der Waals surface area contributed by atoms with E-state index in [0.717, 1.165) is 25.5 Å². The smallest absolute Gasteiger partial charge is 0.0593 e. The van der Waals surface area contributed by atoms with Crippen LogP contribution < -0.4 is 0 Å². The topological polar surface area (TPSA) is 15.7 Å². The molecule has 1 aliphatic heterocycles. The molecular formula is C11H24N2OS. The molecule has 15 heavy (non-hydrogen) atoms. The highest BCUT2D eigenvalue weighted by Crippen LogP contribution is 2.12. The van der Waals surface area contributed by atoms with Crippen LogP contribution in [0.5, 0.6) is 0 Å². The molecule has 1 rings (SSSR count). The highest BCUT2D eigenvalue weighted by molar-refractivity contribution is 7.80. The summed E-state index contributed by atoms with van der Waals surface area (Å²) in [4.78, 5) is 4.84. The van der Waals surface area contributed by atoms with Crippen molar-refractivity contribution in [2.45, 2.75) is 18.9 Å². The third-order valence-electron chi connectivity index (χ3n) is 3.05. The van der Waals surface area contributed by atoms with Gasteiger partial charge in [0.15, 0.2) is 0 Å². The lowest BCUT2D eigenvalue weighted by Crippen LogP contribution is -2.45. The zero-order valence-corrected chi connectivity index (χ0v) is 10.9. The fraction of sp³-hybridized carbons (Fsp3) is 1.00. The first-order valence-corrected chi connectivity index (χ1v) is 6.44. The van der Waals surface area contributed by atoms with Gasteiger partial charge in [-0.1, -0.05) is 0 Å². The van der Waals surface area contributed by atoms with Crippen LogP contribution in [0, 0.1) is 0 Å². The van der Waals surface area contributed by atoms with Crippen molar-refractivity contribution in [2.24, 2.45) is 0 Å². The summed E-state index contributed by atoms with van der Waals surface area (Å²) >= 11 is 4.11. The molecule has 0 aromatic rings. The Bertz CT molecular complexity index is 169. The number of rotatable bonds is 6. The zero-order valence-electron chi connectivity index (χ0n) is 9.98. The Morgan fingerprint density at radius 1 is 1.47 bits per heavy atom. The summed E-state index contributed by atoms with van der Waals surface area (Å²) in [7, 11) is 4.41. The highest BCUT2D eigenvalue weighted by Gasteiger charge is 2.20. The predicted molar refractivity (Wildman–Crippen MR) is 67.8 cm³/mol. The maximum atomic E-state index is 5.44. The Morgan fingerprint density at radius 3 is 2.93 bits per heavy atom. The van der Waals surface area contributed by atoms with Gasteiger partial charge < -0.3 is 9.64 Å². The largest absolute Gasteiger partial charge is 0.379 e. The molecule has 0 aromatic carbocycles. The lowest BCUT2D eigenvalue weighted by molar-refractivity contribution is 0.0834. The number of thiol groups is 1. The van der Waals surface area contributed by atoms with Crippen molar-refractivity contribution < 1.29 is 4.74 Å². The van der Waals surface area contributed by atoms with Crippen LogP contribution in [0.15, 0.2) is 0 Å². The molecule has 1 fully saturated rings. The second-order valence-electron chi connectivity index (χ2n) is 4.37. The lowest BCUT2D eigenvalue weighted by atomic mass is 10.1. The van der Waals surface area contributed by atoms with Crippen LogP contribution in [-0.2, 0) is 4.74 Å². The maximum absolute atomic E-state index is 5.44. The van der Waals surface area contributed by atoms with Gasteiger partial charge in [0.1, 0.15) is 0 Å². The van der Waals surface area contributed by atoms with E-state index in [9.17, 15) is 0 Å². The van der Waals surface area contributed by atoms with Gasteiger partial charge >= 0.3 is 0 Å². The summed E-state index contributed by atoms with van der Waals surface area (Å²) in [5.74, 6) is 0.815. The Hall–Kier alpha value is 0.230. The van der Waals surface area contributed by atoms with Gasteiger partial charge in [-0.2, -0.15) is 12.6 Å². The van der Waals surface area contributed by atoms with Crippen LogP contribution in [0.25, 0.3) is 0 Å². The molecule has 0 aromatic heterocycles. The van der Waals surface area contributed by atoms with Crippen LogP contribution in [0.4, 0.5) is 0 Å². The summed E-state index contributed by atoms with van der Waals surface area (Å²) in [5.41, 5.74) is 0. The van der Waals surface area contributed by atoms with Crippen molar-refractivity contribution in [3.05, 3.63) is 0 Å². The second kappa shape index (κ2) is 7.49. The normalized spacial score (nSPS) is 23.6. The molecule has 3 nitrogen and oxygen atoms in total. The SMILES string of the molecule is CN1CCCC(N(C)CCOCCS)C1. The van der Waals surface area contributed by atoms with Gasteiger partial charge in [-0.15, -0.1) is 0 Å². The fourth-order valence-corrected chi connectivity index (χ4v) is 2.19. The molecule has 1 atom stereocenters. The van der Waals surface area contributed by atoms with Crippen molar-refractivity contribution in [3.63, 3.8) is 0 Å². The van der Waals surface area contributed by atoms with Gasteiger partial charge in [0.25, 0.3) is 0 Å². The minimum atomic E-state index is 0.711. The van der Waals surface area contributed by atoms with E-state index in [1.54, 1.807) is 0 Å². The van der Waals surface area contributed by atoms with Crippen molar-refractivity contribution in [2.75, 3.05) is 52.7 Å². The molecule has 0 aliphatic carbocycles. The molecule has 0 spiro atoms. The van der Waals surface area contributed by atoms with Gasteiger partial charge in [0.05, 0.1) is 13.2 Å². The van der Waals surface area contributed by atoms with Gasteiger partial charge in [0, 0.05) is 24.9 Å². The quantitative estimate of drug-likeness (QED) is 0.542. The minimum absolute atomic E-state index is 0.711. The van der Waals surface area contributed by atoms with Gasteiger partial charge in [-0.05, 0) is 33.5 Å². The fourth-order valence-electron chi connectivity index (χ4n) is 2.06. The first-order chi connectivity index (χ1) is 7.24. The van der Waals surface area contributed by atoms with Crippen LogP contribution >= 0.6 is 12.6 Å². The van der Waals surface area contributed by atoms with Crippen molar-refractivity contribution in [1.29, 1.82) is 0 Å². The van der Waals surface area contributed by atoms with Crippen LogP contribution in [0.1, 0.15) is 12.8 Å². The van der Waals surface area contributed by atoms with E-state index < -0.39 is 0 Å². The van der Waals surface area contributed by atoms with E-state index in [-0.39, 0.29) is 0 Å². The number of nitrogens with zero attached hydrogens (tertiary/aromatic N) is 2. The zero-order chi connectivity index (χ0) is 11.1. The summed E-state index contributed by atoms with van der Waals surface area (Å²) in [6, 6.07) is 0.711. The first kappa shape index (κ1) is 13.3.